The summed E-state index contributed by atoms with van der Waals surface area (Å²) in [6, 6.07) is 9.67. The number of carbonyl (C=O) groups excluding carboxylic acids is 2. The number of rotatable bonds is 7. The maximum Gasteiger partial charge on any atom is 0.318 e. The zero-order chi connectivity index (χ0) is 24.1. The predicted molar refractivity (Wildman–Crippen MR) is 129 cm³/mol. The smallest absolute Gasteiger partial charge is 0.318 e. The summed E-state index contributed by atoms with van der Waals surface area (Å²) >= 11 is 1.37. The lowest BCUT2D eigenvalue weighted by Gasteiger charge is -2.27. The Morgan fingerprint density at radius 1 is 1.32 bits per heavy atom. The fraction of sp³-hybridized carbons (Fsp3) is 0.333. The molecule has 0 atom stereocenters. The van der Waals surface area contributed by atoms with E-state index in [1.807, 2.05) is 42.1 Å². The van der Waals surface area contributed by atoms with E-state index in [9.17, 15) is 14.9 Å². The van der Waals surface area contributed by atoms with Crippen LogP contribution in [0.1, 0.15) is 33.8 Å². The number of nitriles is 1. The summed E-state index contributed by atoms with van der Waals surface area (Å²) in [6.45, 7) is 1.25. The third-order valence-electron chi connectivity index (χ3n) is 5.84. The molecule has 0 bridgehead atoms. The fourth-order valence-corrected chi connectivity index (χ4v) is 5.19. The van der Waals surface area contributed by atoms with Crippen molar-refractivity contribution in [3.63, 3.8) is 0 Å². The third-order valence-corrected chi connectivity index (χ3v) is 6.97. The van der Waals surface area contributed by atoms with Gasteiger partial charge >= 0.3 is 6.03 Å². The molecule has 0 saturated heterocycles. The van der Waals surface area contributed by atoms with Gasteiger partial charge in [-0.25, -0.2) is 9.78 Å². The first-order chi connectivity index (χ1) is 16.5. The fourth-order valence-electron chi connectivity index (χ4n) is 3.96. The standard InChI is InChI=1S/C24H26N6O3S/c1-29-12-10-26-21(29)14-27-24(32)30-11-9-17-18(13-25)23(34-20(17)15-30)28-22(31)8-7-16-5-3-4-6-19(16)33-2/h3-6,10,12H,7-9,11,14-15H2,1-2H3,(H,27,32)(H,28,31). The quantitative estimate of drug-likeness (QED) is 0.542. The number of ether oxygens (including phenoxy) is 1. The average Bonchev–Trinajstić information content (AvgIpc) is 3.42. The van der Waals surface area contributed by atoms with Gasteiger partial charge < -0.3 is 24.8 Å². The van der Waals surface area contributed by atoms with Crippen LogP contribution in [0.15, 0.2) is 36.7 Å². The van der Waals surface area contributed by atoms with Crippen molar-refractivity contribution in [3.05, 3.63) is 64.1 Å². The summed E-state index contributed by atoms with van der Waals surface area (Å²) in [6.07, 6.45) is 4.90. The second-order valence-corrected chi connectivity index (χ2v) is 9.07. The lowest BCUT2D eigenvalue weighted by atomic mass is 10.0. The minimum Gasteiger partial charge on any atom is -0.496 e. The highest BCUT2D eigenvalue weighted by atomic mass is 32.1. The highest BCUT2D eigenvalue weighted by Gasteiger charge is 2.27. The number of methoxy groups -OCH3 is 1. The Morgan fingerprint density at radius 3 is 2.88 bits per heavy atom. The van der Waals surface area contributed by atoms with Gasteiger partial charge in [-0.05, 0) is 30.0 Å². The first-order valence-electron chi connectivity index (χ1n) is 11.0. The minimum absolute atomic E-state index is 0.161. The third kappa shape index (κ3) is 5.05. The van der Waals surface area contributed by atoms with Gasteiger partial charge in [0.1, 0.15) is 22.6 Å². The molecule has 9 nitrogen and oxygen atoms in total. The van der Waals surface area contributed by atoms with Crippen LogP contribution in [-0.2, 0) is 37.8 Å². The summed E-state index contributed by atoms with van der Waals surface area (Å²) in [5.41, 5.74) is 2.37. The molecule has 3 amide bonds. The number of fused-ring (bicyclic) bond motifs is 1. The van der Waals surface area contributed by atoms with E-state index in [0.29, 0.717) is 43.0 Å². The maximum absolute atomic E-state index is 12.7. The number of hydrogen-bond acceptors (Lipinski definition) is 6. The van der Waals surface area contributed by atoms with E-state index >= 15 is 0 Å². The van der Waals surface area contributed by atoms with E-state index in [0.717, 1.165) is 27.6 Å². The molecule has 176 valence electrons. The number of hydrogen-bond donors (Lipinski definition) is 2. The van der Waals surface area contributed by atoms with Crippen molar-refractivity contribution in [1.82, 2.24) is 19.8 Å². The minimum atomic E-state index is -0.178. The van der Waals surface area contributed by atoms with Crippen molar-refractivity contribution < 1.29 is 14.3 Å². The van der Waals surface area contributed by atoms with Crippen LogP contribution in [0.2, 0.25) is 0 Å². The summed E-state index contributed by atoms with van der Waals surface area (Å²) in [7, 11) is 3.49. The number of benzene rings is 1. The van der Waals surface area contributed by atoms with Gasteiger partial charge in [0.05, 0.1) is 25.8 Å². The Bertz CT molecular complexity index is 1240. The summed E-state index contributed by atoms with van der Waals surface area (Å²) < 4.78 is 7.20. The van der Waals surface area contributed by atoms with Crippen LogP contribution in [0.4, 0.5) is 9.80 Å². The molecule has 3 aromatic rings. The van der Waals surface area contributed by atoms with Crippen molar-refractivity contribution in [2.24, 2.45) is 7.05 Å². The molecule has 0 unspecified atom stereocenters. The lowest BCUT2D eigenvalue weighted by molar-refractivity contribution is -0.116. The molecule has 2 N–H and O–H groups in total. The van der Waals surface area contributed by atoms with Crippen LogP contribution in [0.25, 0.3) is 0 Å². The second kappa shape index (κ2) is 10.4. The molecular formula is C24H26N6O3S. The predicted octanol–water partition coefficient (Wildman–Crippen LogP) is 3.20. The molecule has 1 aliphatic heterocycles. The van der Waals surface area contributed by atoms with E-state index in [2.05, 4.69) is 21.7 Å². The maximum atomic E-state index is 12.7. The summed E-state index contributed by atoms with van der Waals surface area (Å²) in [5.74, 6) is 1.36. The first-order valence-corrected chi connectivity index (χ1v) is 11.8. The highest BCUT2D eigenvalue weighted by molar-refractivity contribution is 7.16. The SMILES string of the molecule is COc1ccccc1CCC(=O)Nc1sc2c(c1C#N)CCN(C(=O)NCc1nccn1C)C2. The van der Waals surface area contributed by atoms with Crippen LogP contribution in [-0.4, -0.2) is 40.0 Å². The van der Waals surface area contributed by atoms with Gasteiger partial charge in [-0.15, -0.1) is 11.3 Å². The van der Waals surface area contributed by atoms with E-state index in [-0.39, 0.29) is 18.4 Å². The Morgan fingerprint density at radius 2 is 2.15 bits per heavy atom. The number of thiophene rings is 1. The molecule has 0 saturated carbocycles. The molecule has 4 rings (SSSR count). The Balaban J connectivity index is 1.38. The molecule has 34 heavy (non-hydrogen) atoms. The molecule has 1 aromatic carbocycles. The van der Waals surface area contributed by atoms with Crippen molar-refractivity contribution in [2.45, 2.75) is 32.4 Å². The van der Waals surface area contributed by atoms with Gasteiger partial charge in [-0.2, -0.15) is 5.26 Å². The van der Waals surface area contributed by atoms with Crippen molar-refractivity contribution in [2.75, 3.05) is 19.0 Å². The zero-order valence-corrected chi connectivity index (χ0v) is 19.9. The first kappa shape index (κ1) is 23.3. The van der Waals surface area contributed by atoms with E-state index in [1.54, 1.807) is 18.2 Å². The van der Waals surface area contributed by atoms with Gasteiger partial charge in [0.2, 0.25) is 5.91 Å². The normalized spacial score (nSPS) is 12.6. The van der Waals surface area contributed by atoms with Crippen molar-refractivity contribution in [1.29, 1.82) is 5.26 Å². The molecule has 1 aliphatic rings. The number of aryl methyl sites for hydroxylation is 2. The van der Waals surface area contributed by atoms with Gasteiger partial charge in [0.15, 0.2) is 0 Å². The van der Waals surface area contributed by atoms with Crippen LogP contribution >= 0.6 is 11.3 Å². The molecule has 0 fully saturated rings. The Kier molecular flexibility index (Phi) is 7.13. The molecule has 0 spiro atoms. The summed E-state index contributed by atoms with van der Waals surface area (Å²) in [4.78, 5) is 32.1. The Hall–Kier alpha value is -3.84. The van der Waals surface area contributed by atoms with Crippen molar-refractivity contribution in [3.8, 4) is 11.8 Å². The van der Waals surface area contributed by atoms with Crippen LogP contribution in [0.5, 0.6) is 5.75 Å². The molecule has 10 heteroatoms. The number of anilines is 1. The van der Waals surface area contributed by atoms with E-state index < -0.39 is 0 Å². The summed E-state index contributed by atoms with van der Waals surface area (Å²) in [5, 5.41) is 16.1. The van der Waals surface area contributed by atoms with E-state index in [4.69, 9.17) is 4.74 Å². The largest absolute Gasteiger partial charge is 0.496 e. The molecular weight excluding hydrogens is 452 g/mol. The van der Waals surface area contributed by atoms with Crippen molar-refractivity contribution >= 4 is 28.3 Å². The number of amides is 3. The number of urea groups is 1. The number of carbonyl (C=O) groups is 2. The Labute approximate surface area is 202 Å². The number of imidazole rings is 1. The molecule has 0 radical (unpaired) electrons. The number of nitrogens with one attached hydrogen (secondary N) is 2. The monoisotopic (exact) mass is 478 g/mol. The molecule has 3 heterocycles. The lowest BCUT2D eigenvalue weighted by Crippen LogP contribution is -2.42. The topological polar surface area (TPSA) is 112 Å². The van der Waals surface area contributed by atoms with Gasteiger partial charge in [-0.1, -0.05) is 18.2 Å². The van der Waals surface area contributed by atoms with Gasteiger partial charge in [-0.3, -0.25) is 4.79 Å². The number of nitrogens with zero attached hydrogens (tertiary/aromatic N) is 4. The zero-order valence-electron chi connectivity index (χ0n) is 19.1. The van der Waals surface area contributed by atoms with Crippen LogP contribution < -0.4 is 15.4 Å². The molecule has 0 aliphatic carbocycles. The second-order valence-electron chi connectivity index (χ2n) is 7.96. The molecule has 2 aromatic heterocycles. The van der Waals surface area contributed by atoms with E-state index in [1.165, 1.54) is 11.3 Å². The van der Waals surface area contributed by atoms with Gasteiger partial charge in [0.25, 0.3) is 0 Å². The number of aromatic nitrogens is 2. The van der Waals surface area contributed by atoms with Crippen LogP contribution in [0.3, 0.4) is 0 Å². The van der Waals surface area contributed by atoms with Gasteiger partial charge in [0, 0.05) is 37.3 Å². The number of para-hydroxylation sites is 1. The highest BCUT2D eigenvalue weighted by Crippen LogP contribution is 2.36. The van der Waals surface area contributed by atoms with Crippen LogP contribution in [0, 0.1) is 11.3 Å². The average molecular weight is 479 g/mol.